The largest absolute Gasteiger partial charge is 0.378 e. The summed E-state index contributed by atoms with van der Waals surface area (Å²) >= 11 is 0. The molecule has 0 spiro atoms. The fourth-order valence-corrected chi connectivity index (χ4v) is 5.18. The molecule has 3 amide bonds. The standard InChI is InChI=1S/C23H29N3O5/c27-21(24-9-12-30-13-10-24)16-4-2-8-25(14-16)19-7-1-6-18-20(19)23(29)26(22(18)28)15-17-5-3-11-31-17/h1,6-7,16-17H,2-5,8-15H2/t16-,17+/m1/s1. The number of carbonyl (C=O) groups is 3. The van der Waals surface area contributed by atoms with Gasteiger partial charge in [-0.1, -0.05) is 6.07 Å². The number of fused-ring (bicyclic) bond motifs is 1. The van der Waals surface area contributed by atoms with E-state index in [2.05, 4.69) is 4.90 Å². The second-order valence-corrected chi connectivity index (χ2v) is 8.78. The zero-order chi connectivity index (χ0) is 21.4. The molecule has 0 bridgehead atoms. The summed E-state index contributed by atoms with van der Waals surface area (Å²) in [5.41, 5.74) is 1.71. The monoisotopic (exact) mass is 427 g/mol. The van der Waals surface area contributed by atoms with E-state index in [1.807, 2.05) is 17.0 Å². The zero-order valence-electron chi connectivity index (χ0n) is 17.8. The second kappa shape index (κ2) is 8.59. The molecule has 3 fully saturated rings. The lowest BCUT2D eigenvalue weighted by Gasteiger charge is -2.37. The second-order valence-electron chi connectivity index (χ2n) is 8.78. The third-order valence-electron chi connectivity index (χ3n) is 6.82. The van der Waals surface area contributed by atoms with Crippen LogP contribution in [-0.2, 0) is 14.3 Å². The summed E-state index contributed by atoms with van der Waals surface area (Å²) in [4.78, 5) is 44.6. The Balaban J connectivity index is 1.35. The molecule has 8 nitrogen and oxygen atoms in total. The molecule has 0 radical (unpaired) electrons. The molecule has 5 rings (SSSR count). The van der Waals surface area contributed by atoms with Crippen LogP contribution in [0.3, 0.4) is 0 Å². The van der Waals surface area contributed by atoms with Crippen molar-refractivity contribution in [2.24, 2.45) is 5.92 Å². The number of hydrogen-bond acceptors (Lipinski definition) is 6. The molecule has 4 aliphatic rings. The quantitative estimate of drug-likeness (QED) is 0.679. The van der Waals surface area contributed by atoms with Gasteiger partial charge < -0.3 is 19.3 Å². The van der Waals surface area contributed by atoms with Crippen LogP contribution in [0.2, 0.25) is 0 Å². The van der Waals surface area contributed by atoms with Crippen LogP contribution in [0.4, 0.5) is 5.69 Å². The van der Waals surface area contributed by atoms with Crippen molar-refractivity contribution in [2.75, 3.05) is 57.4 Å². The number of piperidine rings is 1. The van der Waals surface area contributed by atoms with E-state index in [1.54, 1.807) is 6.07 Å². The van der Waals surface area contributed by atoms with Gasteiger partial charge in [0.1, 0.15) is 0 Å². The first kappa shape index (κ1) is 20.5. The van der Waals surface area contributed by atoms with Gasteiger partial charge in [0.05, 0.1) is 48.6 Å². The smallest absolute Gasteiger partial charge is 0.263 e. The number of hydrogen-bond donors (Lipinski definition) is 0. The minimum Gasteiger partial charge on any atom is -0.378 e. The van der Waals surface area contributed by atoms with Gasteiger partial charge in [-0.25, -0.2) is 0 Å². The molecular formula is C23H29N3O5. The fourth-order valence-electron chi connectivity index (χ4n) is 5.18. The average Bonchev–Trinajstić information content (AvgIpc) is 3.42. The molecule has 1 aromatic rings. The molecule has 4 heterocycles. The summed E-state index contributed by atoms with van der Waals surface area (Å²) in [7, 11) is 0. The highest BCUT2D eigenvalue weighted by Gasteiger charge is 2.41. The predicted molar refractivity (Wildman–Crippen MR) is 113 cm³/mol. The number of nitrogens with zero attached hydrogens (tertiary/aromatic N) is 3. The molecular weight excluding hydrogens is 398 g/mol. The topological polar surface area (TPSA) is 79.4 Å². The summed E-state index contributed by atoms with van der Waals surface area (Å²) in [6.07, 6.45) is 3.49. The molecule has 2 atom stereocenters. The van der Waals surface area contributed by atoms with Gasteiger partial charge in [0, 0.05) is 32.8 Å². The van der Waals surface area contributed by atoms with Crippen molar-refractivity contribution in [1.82, 2.24) is 9.80 Å². The third kappa shape index (κ3) is 3.83. The molecule has 0 N–H and O–H groups in total. The van der Waals surface area contributed by atoms with Crippen LogP contribution in [-0.4, -0.2) is 86.2 Å². The van der Waals surface area contributed by atoms with E-state index >= 15 is 0 Å². The maximum atomic E-state index is 13.3. The molecule has 3 saturated heterocycles. The Morgan fingerprint density at radius 1 is 1.00 bits per heavy atom. The lowest BCUT2D eigenvalue weighted by atomic mass is 9.94. The Morgan fingerprint density at radius 3 is 2.61 bits per heavy atom. The first-order valence-electron chi connectivity index (χ1n) is 11.4. The van der Waals surface area contributed by atoms with Crippen molar-refractivity contribution in [3.05, 3.63) is 29.3 Å². The number of anilines is 1. The summed E-state index contributed by atoms with van der Waals surface area (Å²) in [5.74, 6) is -0.413. The Hall–Kier alpha value is -2.45. The van der Waals surface area contributed by atoms with Gasteiger partial charge in [0.15, 0.2) is 0 Å². The number of rotatable bonds is 4. The average molecular weight is 428 g/mol. The van der Waals surface area contributed by atoms with E-state index in [1.165, 1.54) is 4.90 Å². The first-order valence-corrected chi connectivity index (χ1v) is 11.4. The van der Waals surface area contributed by atoms with Gasteiger partial charge in [-0.05, 0) is 37.8 Å². The van der Waals surface area contributed by atoms with Crippen LogP contribution in [0, 0.1) is 5.92 Å². The molecule has 4 aliphatic heterocycles. The van der Waals surface area contributed by atoms with Crippen LogP contribution in [0.1, 0.15) is 46.4 Å². The lowest BCUT2D eigenvalue weighted by Crippen LogP contribution is -2.48. The normalized spacial score (nSPS) is 26.5. The Labute approximate surface area is 182 Å². The number of benzene rings is 1. The maximum absolute atomic E-state index is 13.3. The molecule has 0 aromatic heterocycles. The highest BCUT2D eigenvalue weighted by Crippen LogP contribution is 2.35. The van der Waals surface area contributed by atoms with Crippen molar-refractivity contribution >= 4 is 23.4 Å². The number of morpholine rings is 1. The maximum Gasteiger partial charge on any atom is 0.263 e. The SMILES string of the molecule is O=C([C@@H]1CCCN(c2cccc3c2C(=O)N(C[C@@H]2CCCO2)C3=O)C1)N1CCOCC1. The van der Waals surface area contributed by atoms with Gasteiger partial charge >= 0.3 is 0 Å². The van der Waals surface area contributed by atoms with Gasteiger partial charge in [-0.2, -0.15) is 0 Å². The van der Waals surface area contributed by atoms with Crippen molar-refractivity contribution in [3.63, 3.8) is 0 Å². The minimum atomic E-state index is -0.243. The molecule has 0 unspecified atom stereocenters. The van der Waals surface area contributed by atoms with Gasteiger partial charge in [0.25, 0.3) is 11.8 Å². The Bertz CT molecular complexity index is 876. The van der Waals surface area contributed by atoms with Crippen molar-refractivity contribution in [1.29, 1.82) is 0 Å². The molecule has 8 heteroatoms. The minimum absolute atomic E-state index is 0.0730. The summed E-state index contributed by atoms with van der Waals surface area (Å²) in [5, 5.41) is 0. The Kier molecular flexibility index (Phi) is 5.67. The van der Waals surface area contributed by atoms with E-state index in [4.69, 9.17) is 9.47 Å². The molecule has 166 valence electrons. The highest BCUT2D eigenvalue weighted by atomic mass is 16.5. The van der Waals surface area contributed by atoms with Crippen molar-refractivity contribution < 1.29 is 23.9 Å². The van der Waals surface area contributed by atoms with Crippen LogP contribution in [0.5, 0.6) is 0 Å². The predicted octanol–water partition coefficient (Wildman–Crippen LogP) is 1.54. The van der Waals surface area contributed by atoms with Crippen LogP contribution >= 0.6 is 0 Å². The first-order chi connectivity index (χ1) is 15.1. The van der Waals surface area contributed by atoms with Crippen LogP contribution in [0.25, 0.3) is 0 Å². The van der Waals surface area contributed by atoms with E-state index in [-0.39, 0.29) is 29.7 Å². The number of ether oxygens (including phenoxy) is 2. The molecule has 0 saturated carbocycles. The van der Waals surface area contributed by atoms with Crippen LogP contribution < -0.4 is 4.90 Å². The van der Waals surface area contributed by atoms with E-state index in [9.17, 15) is 14.4 Å². The van der Waals surface area contributed by atoms with Gasteiger partial charge in [-0.3, -0.25) is 19.3 Å². The van der Waals surface area contributed by atoms with Crippen molar-refractivity contribution in [3.8, 4) is 0 Å². The highest BCUT2D eigenvalue weighted by molar-refractivity contribution is 6.23. The summed E-state index contributed by atoms with van der Waals surface area (Å²) < 4.78 is 11.0. The number of carbonyl (C=O) groups excluding carboxylic acids is 3. The summed E-state index contributed by atoms with van der Waals surface area (Å²) in [6, 6.07) is 5.47. The molecule has 1 aromatic carbocycles. The molecule has 0 aliphatic carbocycles. The Morgan fingerprint density at radius 2 is 1.84 bits per heavy atom. The fraction of sp³-hybridized carbons (Fsp3) is 0.609. The summed E-state index contributed by atoms with van der Waals surface area (Å²) in [6.45, 7) is 4.80. The van der Waals surface area contributed by atoms with Gasteiger partial charge in [-0.15, -0.1) is 0 Å². The van der Waals surface area contributed by atoms with E-state index in [0.29, 0.717) is 57.1 Å². The number of imide groups is 1. The number of amides is 3. The van der Waals surface area contributed by atoms with Gasteiger partial charge in [0.2, 0.25) is 5.91 Å². The third-order valence-corrected chi connectivity index (χ3v) is 6.82. The zero-order valence-corrected chi connectivity index (χ0v) is 17.8. The van der Waals surface area contributed by atoms with Crippen LogP contribution in [0.15, 0.2) is 18.2 Å². The lowest BCUT2D eigenvalue weighted by molar-refractivity contribution is -0.139. The van der Waals surface area contributed by atoms with Crippen molar-refractivity contribution in [2.45, 2.75) is 31.8 Å². The van der Waals surface area contributed by atoms with E-state index in [0.717, 1.165) is 37.9 Å². The molecule has 31 heavy (non-hydrogen) atoms. The van der Waals surface area contributed by atoms with E-state index < -0.39 is 0 Å².